The molecule has 0 bridgehead atoms. The molecule has 4 rings (SSSR count). The lowest BCUT2D eigenvalue weighted by Crippen LogP contribution is -2.31. The first kappa shape index (κ1) is 19.2. The Bertz CT molecular complexity index is 953. The summed E-state index contributed by atoms with van der Waals surface area (Å²) >= 11 is 0. The van der Waals surface area contributed by atoms with Crippen LogP contribution in [0, 0.1) is 0 Å². The molecule has 4 N–H and O–H groups in total. The summed E-state index contributed by atoms with van der Waals surface area (Å²) in [5.41, 5.74) is 9.07. The van der Waals surface area contributed by atoms with Crippen molar-refractivity contribution in [1.29, 1.82) is 0 Å². The van der Waals surface area contributed by atoms with Crippen molar-refractivity contribution in [2.45, 2.75) is 57.7 Å². The van der Waals surface area contributed by atoms with Gasteiger partial charge in [-0.15, -0.1) is 0 Å². The van der Waals surface area contributed by atoms with Gasteiger partial charge in [-0.3, -0.25) is 4.98 Å². The van der Waals surface area contributed by atoms with Crippen LogP contribution in [0.25, 0.3) is 11.0 Å². The van der Waals surface area contributed by atoms with E-state index < -0.39 is 0 Å². The molecule has 152 valence electrons. The highest BCUT2D eigenvalue weighted by Gasteiger charge is 2.24. The van der Waals surface area contributed by atoms with E-state index in [4.69, 9.17) is 10.5 Å². The molecule has 29 heavy (non-hydrogen) atoms. The number of benzene rings is 1. The molecular formula is C21H27N7O. The summed E-state index contributed by atoms with van der Waals surface area (Å²) in [5, 5.41) is 6.73. The number of fused-ring (bicyclic) bond motifs is 1. The summed E-state index contributed by atoms with van der Waals surface area (Å²) in [6, 6.07) is 4.35. The first-order valence-corrected chi connectivity index (χ1v) is 10.1. The van der Waals surface area contributed by atoms with Gasteiger partial charge >= 0.3 is 0 Å². The van der Waals surface area contributed by atoms with Gasteiger partial charge in [0.2, 0.25) is 5.95 Å². The second-order valence-electron chi connectivity index (χ2n) is 7.77. The van der Waals surface area contributed by atoms with E-state index in [9.17, 15) is 0 Å². The number of hydrogen-bond acceptors (Lipinski definition) is 8. The molecule has 0 saturated heterocycles. The Labute approximate surface area is 170 Å². The van der Waals surface area contributed by atoms with Crippen LogP contribution in [0.4, 0.5) is 17.3 Å². The van der Waals surface area contributed by atoms with Gasteiger partial charge in [0.15, 0.2) is 0 Å². The molecule has 0 radical (unpaired) electrons. The van der Waals surface area contributed by atoms with Crippen LogP contribution in [0.1, 0.15) is 39.5 Å². The maximum Gasteiger partial charge on any atom is 0.222 e. The largest absolute Gasteiger partial charge is 0.488 e. The molecule has 0 aliphatic heterocycles. The molecule has 1 aliphatic carbocycles. The molecule has 0 amide bonds. The van der Waals surface area contributed by atoms with Gasteiger partial charge in [0.05, 0.1) is 29.7 Å². The fourth-order valence-electron chi connectivity index (χ4n) is 3.65. The van der Waals surface area contributed by atoms with Crippen molar-refractivity contribution in [3.8, 4) is 5.75 Å². The Morgan fingerprint density at radius 1 is 1.00 bits per heavy atom. The van der Waals surface area contributed by atoms with E-state index in [1.807, 2.05) is 24.5 Å². The highest BCUT2D eigenvalue weighted by atomic mass is 16.5. The molecule has 2 aromatic heterocycles. The zero-order valence-electron chi connectivity index (χ0n) is 16.8. The van der Waals surface area contributed by atoms with Gasteiger partial charge < -0.3 is 21.1 Å². The fraction of sp³-hybridized carbons (Fsp3) is 0.429. The van der Waals surface area contributed by atoms with Crippen molar-refractivity contribution in [3.63, 3.8) is 0 Å². The highest BCUT2D eigenvalue weighted by Crippen LogP contribution is 2.30. The molecule has 0 unspecified atom stereocenters. The molecule has 1 fully saturated rings. The molecule has 8 nitrogen and oxygen atoms in total. The zero-order chi connectivity index (χ0) is 20.2. The van der Waals surface area contributed by atoms with Gasteiger partial charge in [-0.05, 0) is 45.6 Å². The lowest BCUT2D eigenvalue weighted by Gasteiger charge is -2.29. The van der Waals surface area contributed by atoms with E-state index in [1.54, 1.807) is 12.4 Å². The summed E-state index contributed by atoms with van der Waals surface area (Å²) in [6.07, 6.45) is 11.0. The molecular weight excluding hydrogens is 366 g/mol. The molecule has 1 aliphatic rings. The van der Waals surface area contributed by atoms with Crippen LogP contribution in [0.3, 0.4) is 0 Å². The average Bonchev–Trinajstić information content (AvgIpc) is 2.70. The second-order valence-corrected chi connectivity index (χ2v) is 7.77. The minimum atomic E-state index is 0.138. The van der Waals surface area contributed by atoms with Gasteiger partial charge in [-0.1, -0.05) is 0 Å². The van der Waals surface area contributed by atoms with Crippen molar-refractivity contribution in [2.24, 2.45) is 0 Å². The minimum Gasteiger partial charge on any atom is -0.488 e. The molecule has 3 aromatic rings. The van der Waals surface area contributed by atoms with Crippen molar-refractivity contribution < 1.29 is 4.74 Å². The van der Waals surface area contributed by atoms with Crippen LogP contribution in [0.5, 0.6) is 5.75 Å². The van der Waals surface area contributed by atoms with Gasteiger partial charge in [0, 0.05) is 36.2 Å². The lowest BCUT2D eigenvalue weighted by molar-refractivity contribution is 0.152. The molecule has 0 spiro atoms. The third-order valence-corrected chi connectivity index (χ3v) is 4.97. The smallest absolute Gasteiger partial charge is 0.222 e. The number of anilines is 3. The number of hydrogen-bond donors (Lipinski definition) is 3. The zero-order valence-corrected chi connectivity index (χ0v) is 16.8. The predicted molar refractivity (Wildman–Crippen MR) is 115 cm³/mol. The second kappa shape index (κ2) is 8.46. The van der Waals surface area contributed by atoms with Gasteiger partial charge in [0.25, 0.3) is 0 Å². The Morgan fingerprint density at radius 2 is 1.72 bits per heavy atom. The van der Waals surface area contributed by atoms with Crippen molar-refractivity contribution >= 4 is 28.4 Å². The topological polar surface area (TPSA) is 111 Å². The quantitative estimate of drug-likeness (QED) is 0.545. The molecule has 0 atom stereocenters. The molecule has 1 aromatic carbocycles. The average molecular weight is 393 g/mol. The molecule has 1 saturated carbocycles. The highest BCUT2D eigenvalue weighted by molar-refractivity contribution is 5.84. The fourth-order valence-corrected chi connectivity index (χ4v) is 3.65. The van der Waals surface area contributed by atoms with Gasteiger partial charge in [-0.25, -0.2) is 15.0 Å². The van der Waals surface area contributed by atoms with Crippen LogP contribution in [-0.4, -0.2) is 38.1 Å². The minimum absolute atomic E-state index is 0.138. The maximum atomic E-state index is 6.25. The van der Waals surface area contributed by atoms with Crippen LogP contribution in [0.15, 0.2) is 36.9 Å². The maximum absolute atomic E-state index is 6.25. The monoisotopic (exact) mass is 393 g/mol. The summed E-state index contributed by atoms with van der Waals surface area (Å²) in [7, 11) is 0. The first-order valence-electron chi connectivity index (χ1n) is 10.1. The van der Waals surface area contributed by atoms with E-state index in [2.05, 4.69) is 44.4 Å². The van der Waals surface area contributed by atoms with Crippen LogP contribution < -0.4 is 21.1 Å². The van der Waals surface area contributed by atoms with Gasteiger partial charge in [0.1, 0.15) is 11.3 Å². The number of nitrogen functional groups attached to an aromatic ring is 1. The summed E-state index contributed by atoms with van der Waals surface area (Å²) in [6.45, 7) is 4.18. The van der Waals surface area contributed by atoms with Crippen LogP contribution in [0.2, 0.25) is 0 Å². The predicted octanol–water partition coefficient (Wildman–Crippen LogP) is 3.62. The third kappa shape index (κ3) is 4.82. The van der Waals surface area contributed by atoms with E-state index in [0.29, 0.717) is 29.5 Å². The van der Waals surface area contributed by atoms with E-state index in [1.165, 1.54) is 0 Å². The third-order valence-electron chi connectivity index (χ3n) is 4.97. The summed E-state index contributed by atoms with van der Waals surface area (Å²) in [4.78, 5) is 17.6. The molecule has 8 heteroatoms. The van der Waals surface area contributed by atoms with Crippen LogP contribution in [-0.2, 0) is 0 Å². The SMILES string of the molecule is CC(C)Nc1cnc(NC2CCC(Oc3cc(N)cc4nccnc34)CC2)nc1. The lowest BCUT2D eigenvalue weighted by atomic mass is 9.93. The number of nitrogens with two attached hydrogens (primary N) is 1. The van der Waals surface area contributed by atoms with Crippen molar-refractivity contribution in [3.05, 3.63) is 36.9 Å². The Hall–Kier alpha value is -3.16. The molecule has 2 heterocycles. The van der Waals surface area contributed by atoms with E-state index >= 15 is 0 Å². The number of nitrogens with zero attached hydrogens (tertiary/aromatic N) is 4. The summed E-state index contributed by atoms with van der Waals surface area (Å²) in [5.74, 6) is 1.38. The van der Waals surface area contributed by atoms with E-state index in [0.717, 1.165) is 42.4 Å². The van der Waals surface area contributed by atoms with Crippen molar-refractivity contribution in [1.82, 2.24) is 19.9 Å². The number of aromatic nitrogens is 4. The first-order chi connectivity index (χ1) is 14.1. The summed E-state index contributed by atoms with van der Waals surface area (Å²) < 4.78 is 6.25. The Kier molecular flexibility index (Phi) is 5.59. The van der Waals surface area contributed by atoms with Crippen LogP contribution >= 0.6 is 0 Å². The number of ether oxygens (including phenoxy) is 1. The Morgan fingerprint density at radius 3 is 2.45 bits per heavy atom. The number of rotatable bonds is 6. The van der Waals surface area contributed by atoms with Gasteiger partial charge in [-0.2, -0.15) is 0 Å². The Balaban J connectivity index is 1.33. The standard InChI is InChI=1S/C21H27N7O/c1-13(2)27-16-11-25-21(26-12-16)28-15-3-5-17(6-4-15)29-19-10-14(22)9-18-20(19)24-8-7-23-18/h7-13,15,17,27H,3-6,22H2,1-2H3,(H,25,26,28). The van der Waals surface area contributed by atoms with E-state index in [-0.39, 0.29) is 6.10 Å². The number of nitrogens with one attached hydrogen (secondary N) is 2. The van der Waals surface area contributed by atoms with Crippen molar-refractivity contribution in [2.75, 3.05) is 16.4 Å². The normalized spacial score (nSPS) is 19.3.